The van der Waals surface area contributed by atoms with Crippen LogP contribution in [0.15, 0.2) is 24.3 Å². The lowest BCUT2D eigenvalue weighted by Crippen LogP contribution is -2.58. The number of carbonyl (C=O) groups excluding carboxylic acids is 3. The Balaban J connectivity index is 2.22. The third-order valence-electron chi connectivity index (χ3n) is 5.57. The third kappa shape index (κ3) is 5.28. The highest BCUT2D eigenvalue weighted by molar-refractivity contribution is 6.10. The normalized spacial score (nSPS) is 17.1. The summed E-state index contributed by atoms with van der Waals surface area (Å²) in [6.07, 6.45) is 1.17. The van der Waals surface area contributed by atoms with Gasteiger partial charge in [-0.2, -0.15) is 0 Å². The van der Waals surface area contributed by atoms with Gasteiger partial charge < -0.3 is 21.1 Å². The number of carboxylic acid groups (broad SMARTS) is 1. The first-order chi connectivity index (χ1) is 14.2. The van der Waals surface area contributed by atoms with Crippen LogP contribution >= 0.6 is 0 Å². The molecule has 4 atom stereocenters. The molecule has 9 nitrogen and oxygen atoms in total. The minimum absolute atomic E-state index is 0.178. The number of urea groups is 1. The van der Waals surface area contributed by atoms with Crippen LogP contribution in [0.3, 0.4) is 0 Å². The van der Waals surface area contributed by atoms with Crippen molar-refractivity contribution in [2.24, 2.45) is 11.8 Å². The zero-order valence-corrected chi connectivity index (χ0v) is 17.8. The van der Waals surface area contributed by atoms with Crippen LogP contribution in [0.2, 0.25) is 0 Å². The van der Waals surface area contributed by atoms with Crippen LogP contribution in [-0.4, -0.2) is 47.5 Å². The number of anilines is 2. The molecule has 4 N–H and O–H groups in total. The summed E-state index contributed by atoms with van der Waals surface area (Å²) in [6.45, 7) is 7.10. The van der Waals surface area contributed by atoms with E-state index in [1.165, 1.54) is 4.90 Å². The van der Waals surface area contributed by atoms with E-state index >= 15 is 0 Å². The number of nitrogens with zero attached hydrogens (tertiary/aromatic N) is 1. The highest BCUT2D eigenvalue weighted by atomic mass is 16.4. The average molecular weight is 418 g/mol. The highest BCUT2D eigenvalue weighted by Gasteiger charge is 2.34. The largest absolute Gasteiger partial charge is 0.480 e. The van der Waals surface area contributed by atoms with Crippen molar-refractivity contribution in [1.82, 2.24) is 10.6 Å². The number of para-hydroxylation sites is 2. The third-order valence-corrected chi connectivity index (χ3v) is 5.57. The number of carboxylic acids is 1. The molecule has 0 unspecified atom stereocenters. The lowest BCUT2D eigenvalue weighted by Gasteiger charge is -2.32. The maximum absolute atomic E-state index is 13.0. The van der Waals surface area contributed by atoms with E-state index in [-0.39, 0.29) is 24.3 Å². The molecule has 2 rings (SSSR count). The fourth-order valence-electron chi connectivity index (χ4n) is 3.25. The first kappa shape index (κ1) is 23.2. The van der Waals surface area contributed by atoms with Crippen LogP contribution in [0.25, 0.3) is 0 Å². The summed E-state index contributed by atoms with van der Waals surface area (Å²) < 4.78 is 0. The van der Waals surface area contributed by atoms with E-state index in [0.717, 1.165) is 0 Å². The molecule has 1 heterocycles. The van der Waals surface area contributed by atoms with Gasteiger partial charge in [0.25, 0.3) is 0 Å². The fourth-order valence-corrected chi connectivity index (χ4v) is 3.25. The van der Waals surface area contributed by atoms with E-state index in [2.05, 4.69) is 16.0 Å². The van der Waals surface area contributed by atoms with E-state index in [1.54, 1.807) is 38.1 Å². The molecule has 0 aromatic heterocycles. The minimum atomic E-state index is -1.12. The lowest BCUT2D eigenvalue weighted by atomic mass is 9.95. The second kappa shape index (κ2) is 10.1. The Kier molecular flexibility index (Phi) is 7.79. The lowest BCUT2D eigenvalue weighted by molar-refractivity contribution is -0.143. The Labute approximate surface area is 176 Å². The van der Waals surface area contributed by atoms with Gasteiger partial charge in [-0.15, -0.1) is 0 Å². The van der Waals surface area contributed by atoms with E-state index in [1.807, 2.05) is 13.8 Å². The molecule has 1 aromatic rings. The van der Waals surface area contributed by atoms with E-state index in [0.29, 0.717) is 24.2 Å². The van der Waals surface area contributed by atoms with Crippen molar-refractivity contribution in [3.05, 3.63) is 24.3 Å². The molecule has 0 spiro atoms. The van der Waals surface area contributed by atoms with Crippen LogP contribution in [0.5, 0.6) is 0 Å². The van der Waals surface area contributed by atoms with Crippen LogP contribution in [0.1, 0.15) is 40.5 Å². The molecule has 4 amide bonds. The van der Waals surface area contributed by atoms with Crippen molar-refractivity contribution in [2.75, 3.05) is 16.8 Å². The zero-order valence-electron chi connectivity index (χ0n) is 17.8. The molecule has 0 fully saturated rings. The number of hydrogen-bond acceptors (Lipinski definition) is 4. The van der Waals surface area contributed by atoms with Crippen LogP contribution in [0, 0.1) is 11.8 Å². The summed E-state index contributed by atoms with van der Waals surface area (Å²) in [5.41, 5.74) is 1.04. The van der Waals surface area contributed by atoms with Gasteiger partial charge in [-0.05, 0) is 24.0 Å². The Hall–Kier alpha value is -3.10. The van der Waals surface area contributed by atoms with E-state index in [9.17, 15) is 24.3 Å². The summed E-state index contributed by atoms with van der Waals surface area (Å²) in [7, 11) is 0. The number of carbonyl (C=O) groups is 4. The minimum Gasteiger partial charge on any atom is -0.480 e. The molecular weight excluding hydrogens is 388 g/mol. The van der Waals surface area contributed by atoms with Crippen molar-refractivity contribution in [2.45, 2.75) is 52.6 Å². The van der Waals surface area contributed by atoms with Crippen LogP contribution < -0.4 is 20.9 Å². The molecular formula is C21H30N4O5. The van der Waals surface area contributed by atoms with Gasteiger partial charge in [-0.25, -0.2) is 9.59 Å². The SMILES string of the molecule is CC[C@@H](C)[C@H](NC(=O)N1CC(=O)Nc2ccccc21)C(=O)N[C@H](C(=O)O)[C@@H](C)CC. The molecule has 0 saturated carbocycles. The summed E-state index contributed by atoms with van der Waals surface area (Å²) in [6, 6.07) is 4.31. The maximum Gasteiger partial charge on any atom is 0.326 e. The number of nitrogens with one attached hydrogen (secondary N) is 3. The van der Waals surface area contributed by atoms with Crippen molar-refractivity contribution in [3.63, 3.8) is 0 Å². The van der Waals surface area contributed by atoms with Gasteiger partial charge in [0.05, 0.1) is 11.4 Å². The smallest absolute Gasteiger partial charge is 0.326 e. The van der Waals surface area contributed by atoms with Gasteiger partial charge in [-0.1, -0.05) is 52.7 Å². The number of aliphatic carboxylic acids is 1. The van der Waals surface area contributed by atoms with Gasteiger partial charge in [0.15, 0.2) is 0 Å². The van der Waals surface area contributed by atoms with E-state index < -0.39 is 30.0 Å². The van der Waals surface area contributed by atoms with E-state index in [4.69, 9.17) is 0 Å². The summed E-state index contributed by atoms with van der Waals surface area (Å²) in [5, 5.41) is 17.4. The molecule has 1 aliphatic rings. The predicted molar refractivity (Wildman–Crippen MR) is 113 cm³/mol. The summed E-state index contributed by atoms with van der Waals surface area (Å²) in [5.74, 6) is -2.52. The molecule has 1 aliphatic heterocycles. The first-order valence-corrected chi connectivity index (χ1v) is 10.2. The average Bonchev–Trinajstić information content (AvgIpc) is 2.73. The number of fused-ring (bicyclic) bond motifs is 1. The predicted octanol–water partition coefficient (Wildman–Crippen LogP) is 2.18. The van der Waals surface area contributed by atoms with Crippen molar-refractivity contribution in [1.29, 1.82) is 0 Å². The number of rotatable bonds is 8. The topological polar surface area (TPSA) is 128 Å². The van der Waals surface area contributed by atoms with Gasteiger partial charge >= 0.3 is 12.0 Å². The van der Waals surface area contributed by atoms with Gasteiger partial charge in [0, 0.05) is 0 Å². The molecule has 30 heavy (non-hydrogen) atoms. The number of benzene rings is 1. The number of amides is 4. The summed E-state index contributed by atoms with van der Waals surface area (Å²) in [4.78, 5) is 50.8. The number of hydrogen-bond donors (Lipinski definition) is 4. The molecule has 164 valence electrons. The first-order valence-electron chi connectivity index (χ1n) is 10.2. The molecule has 0 saturated heterocycles. The molecule has 0 aliphatic carbocycles. The van der Waals surface area contributed by atoms with Crippen molar-refractivity contribution < 1.29 is 24.3 Å². The van der Waals surface area contributed by atoms with Crippen molar-refractivity contribution in [3.8, 4) is 0 Å². The monoisotopic (exact) mass is 418 g/mol. The van der Waals surface area contributed by atoms with Gasteiger partial charge in [0.1, 0.15) is 18.6 Å². The summed E-state index contributed by atoms with van der Waals surface area (Å²) >= 11 is 0. The molecule has 1 aromatic carbocycles. The second-order valence-electron chi connectivity index (χ2n) is 7.67. The van der Waals surface area contributed by atoms with Crippen LogP contribution in [-0.2, 0) is 14.4 Å². The highest BCUT2D eigenvalue weighted by Crippen LogP contribution is 2.29. The van der Waals surface area contributed by atoms with Crippen molar-refractivity contribution >= 4 is 35.2 Å². The Morgan fingerprint density at radius 2 is 1.67 bits per heavy atom. The standard InChI is InChI=1S/C21H30N4O5/c1-5-12(3)17(19(27)23-18(20(28)29)13(4)6-2)24-21(30)25-11-16(26)22-14-9-7-8-10-15(14)25/h7-10,12-13,17-18H,5-6,11H2,1-4H3,(H,22,26)(H,23,27)(H,24,30)(H,28,29)/t12-,13+,17+,18+/m1/s1. The molecule has 0 radical (unpaired) electrons. The fraction of sp³-hybridized carbons (Fsp3) is 0.524. The Morgan fingerprint density at radius 3 is 2.27 bits per heavy atom. The van der Waals surface area contributed by atoms with Gasteiger partial charge in [0.2, 0.25) is 11.8 Å². The quantitative estimate of drug-likeness (QED) is 0.514. The maximum atomic E-state index is 13.0. The Morgan fingerprint density at radius 1 is 1.07 bits per heavy atom. The second-order valence-corrected chi connectivity index (χ2v) is 7.67. The van der Waals surface area contributed by atoms with Gasteiger partial charge in [-0.3, -0.25) is 14.5 Å². The zero-order chi connectivity index (χ0) is 22.4. The molecule has 9 heteroatoms. The van der Waals surface area contributed by atoms with Crippen LogP contribution in [0.4, 0.5) is 16.2 Å². The Bertz CT molecular complexity index is 812. The molecule has 0 bridgehead atoms.